The molecule has 0 aromatic heterocycles. The van der Waals surface area contributed by atoms with Crippen molar-refractivity contribution in [1.29, 1.82) is 0 Å². The Labute approximate surface area is 177 Å². The van der Waals surface area contributed by atoms with Gasteiger partial charge in [-0.2, -0.15) is 0 Å². The summed E-state index contributed by atoms with van der Waals surface area (Å²) in [7, 11) is 0. The second-order valence-corrected chi connectivity index (χ2v) is 10.5. The number of carbonyl (C=O) groups excluding carboxylic acids is 3. The maximum absolute atomic E-state index is 13.1. The number of rotatable bonds is 5. The predicted molar refractivity (Wildman–Crippen MR) is 105 cm³/mol. The highest BCUT2D eigenvalue weighted by Crippen LogP contribution is 2.52. The molecule has 0 aromatic rings. The number of alkyl halides is 1. The maximum Gasteiger partial charge on any atom is 0.319 e. The molecular weight excluding hydrogens is 481 g/mol. The molecule has 4 rings (SSSR count). The summed E-state index contributed by atoms with van der Waals surface area (Å²) in [4.78, 5) is 37.6. The monoisotopic (exact) mass is 507 g/mol. The first kappa shape index (κ1) is 20.3. The van der Waals surface area contributed by atoms with Gasteiger partial charge in [0.25, 0.3) is 0 Å². The molecular formula is C19H26INO7. The van der Waals surface area contributed by atoms with Crippen molar-refractivity contribution in [2.45, 2.75) is 67.6 Å². The van der Waals surface area contributed by atoms with Gasteiger partial charge in [-0.15, -0.1) is 0 Å². The van der Waals surface area contributed by atoms with Crippen molar-refractivity contribution in [3.8, 4) is 0 Å². The van der Waals surface area contributed by atoms with E-state index < -0.39 is 59.8 Å². The fourth-order valence-corrected chi connectivity index (χ4v) is 5.04. The van der Waals surface area contributed by atoms with E-state index in [4.69, 9.17) is 18.9 Å². The van der Waals surface area contributed by atoms with Crippen molar-refractivity contribution in [3.05, 3.63) is 0 Å². The normalized spacial score (nSPS) is 38.2. The van der Waals surface area contributed by atoms with E-state index in [2.05, 4.69) is 5.32 Å². The summed E-state index contributed by atoms with van der Waals surface area (Å²) in [6.07, 6.45) is -0.815. The number of halogens is 1. The van der Waals surface area contributed by atoms with E-state index in [9.17, 15) is 14.4 Å². The van der Waals surface area contributed by atoms with Crippen LogP contribution < -0.4 is 5.32 Å². The second kappa shape index (κ2) is 7.39. The van der Waals surface area contributed by atoms with Gasteiger partial charge < -0.3 is 24.3 Å². The van der Waals surface area contributed by atoms with Crippen LogP contribution >= 0.6 is 22.6 Å². The van der Waals surface area contributed by atoms with E-state index in [0.29, 0.717) is 0 Å². The van der Waals surface area contributed by atoms with Gasteiger partial charge in [-0.1, -0.05) is 22.6 Å². The van der Waals surface area contributed by atoms with Gasteiger partial charge in [0.2, 0.25) is 0 Å². The SMILES string of the molecule is CC(I)C(=O)OC1C2OC(=O)C3C2OC1C3C(=O)OC(C)(C)C1CCNCC1. The fraction of sp³-hybridized carbons (Fsp3) is 0.842. The summed E-state index contributed by atoms with van der Waals surface area (Å²) in [6.45, 7) is 7.34. The average Bonchev–Trinajstić information content (AvgIpc) is 3.25. The van der Waals surface area contributed by atoms with Crippen LogP contribution in [0, 0.1) is 17.8 Å². The molecule has 2 bridgehead atoms. The van der Waals surface area contributed by atoms with Crippen LogP contribution in [0.1, 0.15) is 33.6 Å². The first-order chi connectivity index (χ1) is 13.2. The van der Waals surface area contributed by atoms with Crippen molar-refractivity contribution in [1.82, 2.24) is 5.32 Å². The molecule has 4 aliphatic heterocycles. The van der Waals surface area contributed by atoms with Crippen LogP contribution in [0.25, 0.3) is 0 Å². The van der Waals surface area contributed by atoms with Crippen molar-refractivity contribution < 1.29 is 33.3 Å². The lowest BCUT2D eigenvalue weighted by molar-refractivity contribution is -0.175. The Bertz CT molecular complexity index is 675. The quantitative estimate of drug-likeness (QED) is 0.255. The van der Waals surface area contributed by atoms with E-state index in [0.717, 1.165) is 25.9 Å². The smallest absolute Gasteiger partial charge is 0.319 e. The molecule has 28 heavy (non-hydrogen) atoms. The summed E-state index contributed by atoms with van der Waals surface area (Å²) in [5.74, 6) is -2.60. The summed E-state index contributed by atoms with van der Waals surface area (Å²) < 4.78 is 22.4. The summed E-state index contributed by atoms with van der Waals surface area (Å²) in [6, 6.07) is 0. The molecule has 0 amide bonds. The summed E-state index contributed by atoms with van der Waals surface area (Å²) >= 11 is 1.96. The lowest BCUT2D eigenvalue weighted by atomic mass is 9.78. The molecule has 9 heteroatoms. The van der Waals surface area contributed by atoms with Crippen LogP contribution in [0.15, 0.2) is 0 Å². The number of esters is 3. The molecule has 0 saturated carbocycles. The third kappa shape index (κ3) is 3.32. The Balaban J connectivity index is 1.51. The minimum Gasteiger partial charge on any atom is -0.459 e. The number of ether oxygens (including phenoxy) is 4. The highest BCUT2D eigenvalue weighted by Gasteiger charge is 2.72. The molecule has 4 saturated heterocycles. The zero-order valence-corrected chi connectivity index (χ0v) is 18.3. The fourth-order valence-electron chi connectivity index (χ4n) is 4.89. The van der Waals surface area contributed by atoms with Gasteiger partial charge in [0.15, 0.2) is 12.2 Å². The van der Waals surface area contributed by atoms with Gasteiger partial charge >= 0.3 is 17.9 Å². The molecule has 8 nitrogen and oxygen atoms in total. The van der Waals surface area contributed by atoms with E-state index in [1.165, 1.54) is 0 Å². The Morgan fingerprint density at radius 3 is 2.54 bits per heavy atom. The van der Waals surface area contributed by atoms with Gasteiger partial charge in [-0.3, -0.25) is 14.4 Å². The van der Waals surface area contributed by atoms with Crippen molar-refractivity contribution in [3.63, 3.8) is 0 Å². The van der Waals surface area contributed by atoms with Crippen molar-refractivity contribution in [2.75, 3.05) is 13.1 Å². The molecule has 4 fully saturated rings. The van der Waals surface area contributed by atoms with Gasteiger partial charge in [0.05, 0.1) is 0 Å². The standard InChI is InChI=1S/C19H26INO7/c1-8(20)16(22)26-14-13-11(10-12(25-13)15(14)27-17(10)23)18(24)28-19(2,3)9-4-6-21-7-5-9/h8-15,21H,4-7H2,1-3H3. The largest absolute Gasteiger partial charge is 0.459 e. The van der Waals surface area contributed by atoms with Gasteiger partial charge in [-0.25, -0.2) is 0 Å². The highest BCUT2D eigenvalue weighted by molar-refractivity contribution is 14.1. The van der Waals surface area contributed by atoms with Crippen molar-refractivity contribution in [2.24, 2.45) is 17.8 Å². The van der Waals surface area contributed by atoms with E-state index >= 15 is 0 Å². The number of piperidine rings is 1. The Kier molecular flexibility index (Phi) is 5.37. The molecule has 7 unspecified atom stereocenters. The summed E-state index contributed by atoms with van der Waals surface area (Å²) in [5, 5.41) is 3.31. The zero-order valence-electron chi connectivity index (χ0n) is 16.2. The van der Waals surface area contributed by atoms with Crippen molar-refractivity contribution >= 4 is 40.5 Å². The van der Waals surface area contributed by atoms with E-state index in [1.54, 1.807) is 6.92 Å². The van der Waals surface area contributed by atoms with Crippen LogP contribution in [0.5, 0.6) is 0 Å². The molecule has 0 aliphatic carbocycles. The predicted octanol–water partition coefficient (Wildman–Crippen LogP) is 0.982. The number of carbonyl (C=O) groups is 3. The van der Waals surface area contributed by atoms with Gasteiger partial charge in [-0.05, 0) is 46.7 Å². The third-order valence-electron chi connectivity index (χ3n) is 6.44. The molecule has 0 radical (unpaired) electrons. The van der Waals surface area contributed by atoms with Crippen LogP contribution in [0.2, 0.25) is 0 Å². The van der Waals surface area contributed by atoms with Gasteiger partial charge in [0, 0.05) is 5.92 Å². The Hall–Kier alpha value is -0.940. The van der Waals surface area contributed by atoms with E-state index in [1.807, 2.05) is 36.4 Å². The Morgan fingerprint density at radius 1 is 1.21 bits per heavy atom. The minimum absolute atomic E-state index is 0.244. The third-order valence-corrected chi connectivity index (χ3v) is 6.95. The Morgan fingerprint density at radius 2 is 1.89 bits per heavy atom. The maximum atomic E-state index is 13.1. The van der Waals surface area contributed by atoms with E-state index in [-0.39, 0.29) is 9.84 Å². The van der Waals surface area contributed by atoms with Crippen LogP contribution in [0.4, 0.5) is 0 Å². The van der Waals surface area contributed by atoms with Crippen LogP contribution in [-0.4, -0.2) is 64.9 Å². The second-order valence-electron chi connectivity index (χ2n) is 8.58. The highest BCUT2D eigenvalue weighted by atomic mass is 127. The molecule has 4 heterocycles. The van der Waals surface area contributed by atoms with Gasteiger partial charge in [0.1, 0.15) is 33.6 Å². The number of fused-ring (bicyclic) bond motifs is 1. The molecule has 4 aliphatic rings. The first-order valence-corrected chi connectivity index (χ1v) is 11.1. The van der Waals surface area contributed by atoms with Crippen LogP contribution in [0.3, 0.4) is 0 Å². The average molecular weight is 507 g/mol. The number of hydrogen-bond acceptors (Lipinski definition) is 8. The lowest BCUT2D eigenvalue weighted by Crippen LogP contribution is -2.50. The first-order valence-electron chi connectivity index (χ1n) is 9.85. The minimum atomic E-state index is -0.806. The topological polar surface area (TPSA) is 100 Å². The molecule has 156 valence electrons. The molecule has 0 spiro atoms. The molecule has 7 atom stereocenters. The molecule has 1 N–H and O–H groups in total. The summed E-state index contributed by atoms with van der Waals surface area (Å²) in [5.41, 5.74) is -0.647. The number of hydrogen-bond donors (Lipinski definition) is 1. The lowest BCUT2D eigenvalue weighted by Gasteiger charge is -2.38. The number of nitrogens with one attached hydrogen (secondary N) is 1. The zero-order chi connectivity index (χ0) is 20.2. The molecule has 0 aromatic carbocycles. The van der Waals surface area contributed by atoms with Crippen LogP contribution in [-0.2, 0) is 33.3 Å².